The van der Waals surface area contributed by atoms with Crippen molar-refractivity contribution in [3.63, 3.8) is 0 Å². The van der Waals surface area contributed by atoms with Crippen molar-refractivity contribution in [3.8, 4) is 5.75 Å². The number of hydrogen-bond donors (Lipinski definition) is 1. The van der Waals surface area contributed by atoms with E-state index >= 15 is 0 Å². The molecule has 0 aliphatic heterocycles. The molecule has 1 aromatic heterocycles. The van der Waals surface area contributed by atoms with Crippen molar-refractivity contribution < 1.29 is 30.7 Å². The molecule has 0 aliphatic carbocycles. The molecule has 1 atom stereocenters. The topological polar surface area (TPSA) is 73.2 Å². The van der Waals surface area contributed by atoms with Gasteiger partial charge in [0.2, 0.25) is 10.0 Å². The van der Waals surface area contributed by atoms with Crippen LogP contribution in [-0.2, 0) is 17.1 Å². The van der Waals surface area contributed by atoms with E-state index in [0.29, 0.717) is 11.4 Å². The number of ether oxygens (including phenoxy) is 1. The number of imidazole rings is 1. The molecular formula is C18H15F4N3O3S. The molecule has 0 amide bonds. The van der Waals surface area contributed by atoms with E-state index in [1.165, 1.54) is 18.3 Å². The number of halogens is 4. The smallest absolute Gasteiger partial charge is 0.406 e. The van der Waals surface area contributed by atoms with Gasteiger partial charge in [0.05, 0.1) is 4.90 Å². The number of nitrogens with zero attached hydrogens (tertiary/aromatic N) is 2. The van der Waals surface area contributed by atoms with Crippen LogP contribution in [0.25, 0.3) is 0 Å². The molecule has 3 aromatic rings. The predicted octanol–water partition coefficient (Wildman–Crippen LogP) is 3.53. The molecule has 3 rings (SSSR count). The molecule has 0 aliphatic rings. The molecule has 11 heteroatoms. The van der Waals surface area contributed by atoms with Gasteiger partial charge in [-0.1, -0.05) is 18.2 Å². The lowest BCUT2D eigenvalue weighted by molar-refractivity contribution is -0.274. The van der Waals surface area contributed by atoms with Gasteiger partial charge in [-0.15, -0.1) is 13.2 Å². The maximum absolute atomic E-state index is 13.3. The highest BCUT2D eigenvalue weighted by Crippen LogP contribution is 2.27. The molecule has 0 spiro atoms. The van der Waals surface area contributed by atoms with E-state index in [1.807, 2.05) is 0 Å². The van der Waals surface area contributed by atoms with E-state index in [9.17, 15) is 26.0 Å². The maximum Gasteiger partial charge on any atom is 0.573 e. The molecule has 2 aromatic carbocycles. The van der Waals surface area contributed by atoms with Crippen LogP contribution in [0.1, 0.15) is 17.4 Å². The summed E-state index contributed by atoms with van der Waals surface area (Å²) in [6.45, 7) is 0. The van der Waals surface area contributed by atoms with Gasteiger partial charge in [-0.05, 0) is 29.8 Å². The Kier molecular flexibility index (Phi) is 5.62. The first-order valence-corrected chi connectivity index (χ1v) is 9.64. The monoisotopic (exact) mass is 429 g/mol. The summed E-state index contributed by atoms with van der Waals surface area (Å²) in [5, 5.41) is 0. The minimum Gasteiger partial charge on any atom is -0.406 e. The van der Waals surface area contributed by atoms with Crippen LogP contribution in [-0.4, -0.2) is 24.3 Å². The molecule has 154 valence electrons. The van der Waals surface area contributed by atoms with Crippen LogP contribution >= 0.6 is 0 Å². The van der Waals surface area contributed by atoms with Crippen LogP contribution < -0.4 is 9.46 Å². The molecule has 0 saturated carbocycles. The molecule has 1 N–H and O–H groups in total. The number of rotatable bonds is 6. The second-order valence-electron chi connectivity index (χ2n) is 6.02. The molecule has 0 bridgehead atoms. The van der Waals surface area contributed by atoms with Crippen LogP contribution in [0.5, 0.6) is 5.75 Å². The van der Waals surface area contributed by atoms with Crippen LogP contribution in [0, 0.1) is 5.82 Å². The quantitative estimate of drug-likeness (QED) is 0.609. The standard InChI is InChI=1S/C18H15F4N3O3S/c1-25-10-9-23-17(25)16(12-5-7-13(19)8-6-12)24-29(26,27)15-4-2-3-14(11-15)28-18(20,21)22/h2-11,16,24H,1H3. The number of aryl methyl sites for hydroxylation is 1. The molecule has 1 unspecified atom stereocenters. The van der Waals surface area contributed by atoms with Gasteiger partial charge in [-0.3, -0.25) is 0 Å². The third kappa shape index (κ3) is 5.12. The van der Waals surface area contributed by atoms with Gasteiger partial charge in [0.15, 0.2) is 0 Å². The van der Waals surface area contributed by atoms with Gasteiger partial charge < -0.3 is 9.30 Å². The molecule has 0 radical (unpaired) electrons. The highest BCUT2D eigenvalue weighted by atomic mass is 32.2. The largest absolute Gasteiger partial charge is 0.573 e. The summed E-state index contributed by atoms with van der Waals surface area (Å²) in [4.78, 5) is 3.70. The van der Waals surface area contributed by atoms with Gasteiger partial charge in [0.25, 0.3) is 0 Å². The first kappa shape index (κ1) is 20.8. The second kappa shape index (κ2) is 7.84. The molecule has 0 fully saturated rings. The third-order valence-electron chi connectivity index (χ3n) is 3.94. The normalized spacial score (nSPS) is 13.3. The van der Waals surface area contributed by atoms with Gasteiger partial charge in [0, 0.05) is 25.5 Å². The van der Waals surface area contributed by atoms with E-state index in [4.69, 9.17) is 0 Å². The molecule has 1 heterocycles. The number of aromatic nitrogens is 2. The Morgan fingerprint density at radius 1 is 1.14 bits per heavy atom. The van der Waals surface area contributed by atoms with Crippen LogP contribution in [0.4, 0.5) is 17.6 Å². The van der Waals surface area contributed by atoms with Crippen molar-refractivity contribution in [2.45, 2.75) is 17.3 Å². The highest BCUT2D eigenvalue weighted by Gasteiger charge is 2.32. The van der Waals surface area contributed by atoms with Crippen molar-refractivity contribution in [1.82, 2.24) is 14.3 Å². The van der Waals surface area contributed by atoms with Crippen molar-refractivity contribution in [2.75, 3.05) is 0 Å². The van der Waals surface area contributed by atoms with E-state index in [0.717, 1.165) is 36.4 Å². The lowest BCUT2D eigenvalue weighted by atomic mass is 10.1. The molecule has 29 heavy (non-hydrogen) atoms. The average molecular weight is 429 g/mol. The van der Waals surface area contributed by atoms with Crippen LogP contribution in [0.3, 0.4) is 0 Å². The molecule has 6 nitrogen and oxygen atoms in total. The van der Waals surface area contributed by atoms with Crippen LogP contribution in [0.2, 0.25) is 0 Å². The van der Waals surface area contributed by atoms with E-state index in [-0.39, 0.29) is 0 Å². The number of alkyl halides is 3. The first-order chi connectivity index (χ1) is 13.5. The predicted molar refractivity (Wildman–Crippen MR) is 94.9 cm³/mol. The number of sulfonamides is 1. The zero-order valence-electron chi connectivity index (χ0n) is 14.9. The minimum atomic E-state index is -4.96. The zero-order valence-corrected chi connectivity index (χ0v) is 15.7. The van der Waals surface area contributed by atoms with Crippen molar-refractivity contribution in [1.29, 1.82) is 0 Å². The van der Waals surface area contributed by atoms with E-state index in [2.05, 4.69) is 14.4 Å². The highest BCUT2D eigenvalue weighted by molar-refractivity contribution is 7.89. The number of benzene rings is 2. The summed E-state index contributed by atoms with van der Waals surface area (Å²) in [7, 11) is -2.64. The van der Waals surface area contributed by atoms with Gasteiger partial charge in [-0.25, -0.2) is 17.8 Å². The summed E-state index contributed by atoms with van der Waals surface area (Å²) in [5.41, 5.74) is 0.395. The van der Waals surface area contributed by atoms with Crippen molar-refractivity contribution >= 4 is 10.0 Å². The third-order valence-corrected chi connectivity index (χ3v) is 5.36. The summed E-state index contributed by atoms with van der Waals surface area (Å²) in [5.74, 6) is -0.870. The Bertz CT molecular complexity index is 1100. The lowest BCUT2D eigenvalue weighted by Gasteiger charge is -2.19. The Balaban J connectivity index is 1.98. The summed E-state index contributed by atoms with van der Waals surface area (Å²) >= 11 is 0. The summed E-state index contributed by atoms with van der Waals surface area (Å²) in [6.07, 6.45) is -1.91. The Hall–Kier alpha value is -2.92. The fourth-order valence-corrected chi connectivity index (χ4v) is 3.86. The van der Waals surface area contributed by atoms with Gasteiger partial charge in [-0.2, -0.15) is 4.72 Å². The Morgan fingerprint density at radius 2 is 1.83 bits per heavy atom. The van der Waals surface area contributed by atoms with Gasteiger partial charge >= 0.3 is 6.36 Å². The zero-order chi connectivity index (χ0) is 21.2. The first-order valence-electron chi connectivity index (χ1n) is 8.16. The van der Waals surface area contributed by atoms with Gasteiger partial charge in [0.1, 0.15) is 23.4 Å². The summed E-state index contributed by atoms with van der Waals surface area (Å²) < 4.78 is 84.0. The maximum atomic E-state index is 13.3. The van der Waals surface area contributed by atoms with E-state index < -0.39 is 38.9 Å². The fourth-order valence-electron chi connectivity index (χ4n) is 2.64. The molecular weight excluding hydrogens is 414 g/mol. The number of hydrogen-bond acceptors (Lipinski definition) is 4. The lowest BCUT2D eigenvalue weighted by Crippen LogP contribution is -2.31. The van der Waals surface area contributed by atoms with E-state index in [1.54, 1.807) is 17.8 Å². The van der Waals surface area contributed by atoms with Crippen LogP contribution in [0.15, 0.2) is 65.8 Å². The molecule has 0 saturated heterocycles. The van der Waals surface area contributed by atoms with Crippen molar-refractivity contribution in [2.24, 2.45) is 7.05 Å². The fraction of sp³-hybridized carbons (Fsp3) is 0.167. The average Bonchev–Trinajstić information content (AvgIpc) is 3.05. The SMILES string of the molecule is Cn1ccnc1C(NS(=O)(=O)c1cccc(OC(F)(F)F)c1)c1ccc(F)cc1. The Labute approximate surface area is 163 Å². The summed E-state index contributed by atoms with van der Waals surface area (Å²) in [6, 6.07) is 8.11. The second-order valence-corrected chi connectivity index (χ2v) is 7.74. The van der Waals surface area contributed by atoms with Crippen molar-refractivity contribution in [3.05, 3.63) is 78.1 Å². The minimum absolute atomic E-state index is 0.308. The number of nitrogens with one attached hydrogen (secondary N) is 1. The Morgan fingerprint density at radius 3 is 2.41 bits per heavy atom.